The van der Waals surface area contributed by atoms with Crippen LogP contribution in [0.25, 0.3) is 0 Å². The highest BCUT2D eigenvalue weighted by molar-refractivity contribution is 8.14. The topological polar surface area (TPSA) is 79.4 Å². The van der Waals surface area contributed by atoms with Crippen molar-refractivity contribution in [1.82, 2.24) is 10.3 Å². The highest BCUT2D eigenvalue weighted by Crippen LogP contribution is 2.37. The Hall–Kier alpha value is -2.67. The van der Waals surface area contributed by atoms with Gasteiger partial charge in [-0.25, -0.2) is 0 Å². The molecule has 1 aliphatic heterocycles. The fourth-order valence-corrected chi connectivity index (χ4v) is 4.75. The summed E-state index contributed by atoms with van der Waals surface area (Å²) in [6.07, 6.45) is 1.80. The van der Waals surface area contributed by atoms with Gasteiger partial charge in [-0.2, -0.15) is 0 Å². The third kappa shape index (κ3) is 5.34. The second-order valence-corrected chi connectivity index (χ2v) is 10.0. The molecule has 1 aliphatic rings. The SMILES string of the molecule is Cc1cccc(C)c1N(C(=O)[C@H]1CSC(=O)C1)[C@H](C(=O)NC(C)(C)C)c1ccccn1. The van der Waals surface area contributed by atoms with Crippen molar-refractivity contribution < 1.29 is 14.4 Å². The number of thioether (sulfide) groups is 1. The van der Waals surface area contributed by atoms with E-state index in [1.54, 1.807) is 23.2 Å². The summed E-state index contributed by atoms with van der Waals surface area (Å²) in [5.41, 5.74) is 2.46. The van der Waals surface area contributed by atoms with Crippen LogP contribution in [-0.2, 0) is 14.4 Å². The summed E-state index contributed by atoms with van der Waals surface area (Å²) in [5.74, 6) is -0.575. The molecular formula is C24H29N3O3S. The molecule has 2 amide bonds. The number of rotatable bonds is 5. The lowest BCUT2D eigenvalue weighted by Gasteiger charge is -2.36. The average Bonchev–Trinajstić information content (AvgIpc) is 3.12. The molecule has 1 N–H and O–H groups in total. The second kappa shape index (κ2) is 9.22. The van der Waals surface area contributed by atoms with E-state index in [1.165, 1.54) is 11.8 Å². The lowest BCUT2D eigenvalue weighted by molar-refractivity contribution is -0.129. The molecule has 0 radical (unpaired) electrons. The van der Waals surface area contributed by atoms with Crippen LogP contribution in [0.1, 0.15) is 50.1 Å². The van der Waals surface area contributed by atoms with E-state index in [-0.39, 0.29) is 23.4 Å². The number of para-hydroxylation sites is 1. The molecule has 3 rings (SSSR count). The van der Waals surface area contributed by atoms with Crippen molar-refractivity contribution in [2.75, 3.05) is 10.7 Å². The first kappa shape index (κ1) is 23.0. The summed E-state index contributed by atoms with van der Waals surface area (Å²) >= 11 is 1.18. The van der Waals surface area contributed by atoms with Crippen LogP contribution in [0.4, 0.5) is 5.69 Å². The third-order valence-electron chi connectivity index (χ3n) is 5.10. The molecule has 7 heteroatoms. The number of aryl methyl sites for hydroxylation is 2. The number of anilines is 1. The van der Waals surface area contributed by atoms with Crippen molar-refractivity contribution >= 4 is 34.4 Å². The predicted molar refractivity (Wildman–Crippen MR) is 124 cm³/mol. The normalized spacial score (nSPS) is 17.3. The van der Waals surface area contributed by atoms with Crippen LogP contribution in [0.5, 0.6) is 0 Å². The van der Waals surface area contributed by atoms with E-state index in [0.717, 1.165) is 11.1 Å². The smallest absolute Gasteiger partial charge is 0.249 e. The molecular weight excluding hydrogens is 410 g/mol. The molecule has 0 bridgehead atoms. The third-order valence-corrected chi connectivity index (χ3v) is 6.16. The minimum atomic E-state index is -0.951. The molecule has 2 atom stereocenters. The lowest BCUT2D eigenvalue weighted by Crippen LogP contribution is -2.51. The fourth-order valence-electron chi connectivity index (χ4n) is 3.78. The molecule has 1 aromatic carbocycles. The lowest BCUT2D eigenvalue weighted by atomic mass is 9.98. The van der Waals surface area contributed by atoms with Crippen LogP contribution >= 0.6 is 11.8 Å². The van der Waals surface area contributed by atoms with Gasteiger partial charge < -0.3 is 5.32 Å². The maximum Gasteiger partial charge on any atom is 0.249 e. The highest BCUT2D eigenvalue weighted by Gasteiger charge is 2.41. The van der Waals surface area contributed by atoms with Crippen LogP contribution < -0.4 is 10.2 Å². The molecule has 31 heavy (non-hydrogen) atoms. The number of benzene rings is 1. The van der Waals surface area contributed by atoms with Crippen molar-refractivity contribution in [3.05, 3.63) is 59.4 Å². The molecule has 1 aromatic heterocycles. The van der Waals surface area contributed by atoms with E-state index in [9.17, 15) is 14.4 Å². The van der Waals surface area contributed by atoms with E-state index in [2.05, 4.69) is 10.3 Å². The van der Waals surface area contributed by atoms with Gasteiger partial charge in [-0.05, 0) is 57.9 Å². The number of carbonyl (C=O) groups excluding carboxylic acids is 3. The number of amides is 2. The van der Waals surface area contributed by atoms with Gasteiger partial charge in [-0.15, -0.1) is 0 Å². The van der Waals surface area contributed by atoms with Gasteiger partial charge in [0.1, 0.15) is 0 Å². The number of hydrogen-bond acceptors (Lipinski definition) is 5. The van der Waals surface area contributed by atoms with Crippen LogP contribution in [0.3, 0.4) is 0 Å². The molecule has 0 unspecified atom stereocenters. The van der Waals surface area contributed by atoms with Gasteiger partial charge in [0.2, 0.25) is 11.8 Å². The summed E-state index contributed by atoms with van der Waals surface area (Å²) in [4.78, 5) is 45.3. The first-order chi connectivity index (χ1) is 14.6. The summed E-state index contributed by atoms with van der Waals surface area (Å²) < 4.78 is 0. The summed E-state index contributed by atoms with van der Waals surface area (Å²) in [6, 6.07) is 10.2. The zero-order valence-corrected chi connectivity index (χ0v) is 19.5. The predicted octanol–water partition coefficient (Wildman–Crippen LogP) is 3.97. The van der Waals surface area contributed by atoms with Gasteiger partial charge in [0.05, 0.1) is 17.3 Å². The number of carbonyl (C=O) groups is 3. The Labute approximate surface area is 187 Å². The Bertz CT molecular complexity index is 965. The molecule has 0 aliphatic carbocycles. The summed E-state index contributed by atoms with van der Waals surface area (Å²) in [7, 11) is 0. The van der Waals surface area contributed by atoms with Gasteiger partial charge in [0.25, 0.3) is 0 Å². The number of hydrogen-bond donors (Lipinski definition) is 1. The van der Waals surface area contributed by atoms with Gasteiger partial charge in [-0.1, -0.05) is 36.0 Å². The molecule has 164 valence electrons. The summed E-state index contributed by atoms with van der Waals surface area (Å²) in [6.45, 7) is 9.55. The number of pyridine rings is 1. The van der Waals surface area contributed by atoms with Crippen LogP contribution in [0.2, 0.25) is 0 Å². The first-order valence-corrected chi connectivity index (χ1v) is 11.3. The monoisotopic (exact) mass is 439 g/mol. The molecule has 0 spiro atoms. The first-order valence-electron chi connectivity index (χ1n) is 10.4. The van der Waals surface area contributed by atoms with E-state index >= 15 is 0 Å². The summed E-state index contributed by atoms with van der Waals surface area (Å²) in [5, 5.41) is 3.02. The minimum absolute atomic E-state index is 0.00772. The van der Waals surface area contributed by atoms with Gasteiger partial charge in [0, 0.05) is 23.9 Å². The Morgan fingerprint density at radius 3 is 2.32 bits per heavy atom. The van der Waals surface area contributed by atoms with E-state index < -0.39 is 17.5 Å². The van der Waals surface area contributed by atoms with E-state index in [1.807, 2.05) is 58.9 Å². The van der Waals surface area contributed by atoms with Crippen LogP contribution in [0, 0.1) is 19.8 Å². The quantitative estimate of drug-likeness (QED) is 0.763. The Kier molecular flexibility index (Phi) is 6.84. The molecule has 1 fully saturated rings. The minimum Gasteiger partial charge on any atom is -0.349 e. The van der Waals surface area contributed by atoms with Crippen molar-refractivity contribution in [2.45, 2.75) is 52.6 Å². The fraction of sp³-hybridized carbons (Fsp3) is 0.417. The van der Waals surface area contributed by atoms with E-state index in [0.29, 0.717) is 17.1 Å². The van der Waals surface area contributed by atoms with Crippen LogP contribution in [-0.4, -0.2) is 33.2 Å². The van der Waals surface area contributed by atoms with E-state index in [4.69, 9.17) is 0 Å². The number of nitrogens with one attached hydrogen (secondary N) is 1. The van der Waals surface area contributed by atoms with Crippen molar-refractivity contribution in [2.24, 2.45) is 5.92 Å². The Morgan fingerprint density at radius 1 is 1.13 bits per heavy atom. The number of nitrogens with zero attached hydrogens (tertiary/aromatic N) is 2. The second-order valence-electron chi connectivity index (χ2n) is 8.93. The van der Waals surface area contributed by atoms with Crippen molar-refractivity contribution in [3.8, 4) is 0 Å². The van der Waals surface area contributed by atoms with Crippen LogP contribution in [0.15, 0.2) is 42.6 Å². The van der Waals surface area contributed by atoms with Gasteiger partial charge >= 0.3 is 0 Å². The maximum absolute atomic E-state index is 13.8. The molecule has 2 heterocycles. The Balaban J connectivity index is 2.18. The van der Waals surface area contributed by atoms with Gasteiger partial charge in [0.15, 0.2) is 11.2 Å². The molecule has 1 saturated heterocycles. The number of aromatic nitrogens is 1. The molecule has 2 aromatic rings. The standard InChI is InChI=1S/C24H29N3O3S/c1-15-9-8-10-16(2)20(15)27(23(30)17-13-19(28)31-14-17)21(18-11-6-7-12-25-18)22(29)26-24(3,4)5/h6-12,17,21H,13-14H2,1-5H3,(H,26,29)/t17-,21+/m1/s1. The molecule has 6 nitrogen and oxygen atoms in total. The molecule has 0 saturated carbocycles. The zero-order chi connectivity index (χ0) is 22.8. The zero-order valence-electron chi connectivity index (χ0n) is 18.6. The average molecular weight is 440 g/mol. The van der Waals surface area contributed by atoms with Crippen molar-refractivity contribution in [1.29, 1.82) is 0 Å². The highest BCUT2D eigenvalue weighted by atomic mass is 32.2. The van der Waals surface area contributed by atoms with Crippen molar-refractivity contribution in [3.63, 3.8) is 0 Å². The van der Waals surface area contributed by atoms with Gasteiger partial charge in [-0.3, -0.25) is 24.3 Å². The largest absolute Gasteiger partial charge is 0.349 e. The Morgan fingerprint density at radius 2 is 1.81 bits per heavy atom. The maximum atomic E-state index is 13.8.